The standard InChI is InChI=1S/C33H31Br2N3O4/c34-27-15-11-24(12-16-27)30-33(21-26-9-4-5-10-29(26)35,32(40)38-36-22-23-7-2-1-3-8-23)37-31(42-30)25-13-17-28(18-14-25)41-20-6-19-39/h1-5,7-18,30,36,39H,6,19-22H2,(H,38,40)/t30-,33-/m0/s1. The number of aliphatic imine (C=N–C) groups is 1. The fourth-order valence-corrected chi connectivity index (χ4v) is 5.47. The molecule has 0 saturated carbocycles. The van der Waals surface area contributed by atoms with Crippen LogP contribution in [0.2, 0.25) is 0 Å². The predicted octanol–water partition coefficient (Wildman–Crippen LogP) is 6.29. The first-order valence-corrected chi connectivity index (χ1v) is 15.2. The first-order valence-electron chi connectivity index (χ1n) is 13.7. The van der Waals surface area contributed by atoms with E-state index in [-0.39, 0.29) is 12.5 Å². The van der Waals surface area contributed by atoms with E-state index in [4.69, 9.17) is 19.6 Å². The molecule has 0 unspecified atom stereocenters. The maximum atomic E-state index is 14.3. The van der Waals surface area contributed by atoms with Crippen molar-refractivity contribution >= 4 is 43.7 Å². The smallest absolute Gasteiger partial charge is 0.266 e. The Labute approximate surface area is 262 Å². The van der Waals surface area contributed by atoms with Gasteiger partial charge in [-0.1, -0.05) is 92.5 Å². The minimum Gasteiger partial charge on any atom is -0.494 e. The van der Waals surface area contributed by atoms with Gasteiger partial charge in [-0.05, 0) is 59.2 Å². The Morgan fingerprint density at radius 2 is 1.64 bits per heavy atom. The van der Waals surface area contributed by atoms with Gasteiger partial charge < -0.3 is 14.6 Å². The summed E-state index contributed by atoms with van der Waals surface area (Å²) >= 11 is 7.19. The molecule has 216 valence electrons. The average Bonchev–Trinajstić information content (AvgIpc) is 3.40. The molecule has 0 fully saturated rings. The monoisotopic (exact) mass is 691 g/mol. The van der Waals surface area contributed by atoms with E-state index < -0.39 is 11.6 Å². The molecular weight excluding hydrogens is 662 g/mol. The number of benzene rings is 4. The van der Waals surface area contributed by atoms with Gasteiger partial charge in [-0.3, -0.25) is 10.2 Å². The maximum absolute atomic E-state index is 14.3. The molecular formula is C33H31Br2N3O4. The largest absolute Gasteiger partial charge is 0.494 e. The molecule has 42 heavy (non-hydrogen) atoms. The molecule has 2 atom stereocenters. The van der Waals surface area contributed by atoms with Crippen molar-refractivity contribution in [3.8, 4) is 5.75 Å². The number of aliphatic hydroxyl groups excluding tert-OH is 1. The first kappa shape index (κ1) is 30.0. The number of nitrogens with zero attached hydrogens (tertiary/aromatic N) is 1. The van der Waals surface area contributed by atoms with Gasteiger partial charge in [0.15, 0.2) is 11.6 Å². The molecule has 0 spiro atoms. The summed E-state index contributed by atoms with van der Waals surface area (Å²) in [4.78, 5) is 19.3. The van der Waals surface area contributed by atoms with Crippen molar-refractivity contribution in [2.24, 2.45) is 4.99 Å². The van der Waals surface area contributed by atoms with Crippen molar-refractivity contribution in [2.75, 3.05) is 13.2 Å². The number of amides is 1. The van der Waals surface area contributed by atoms with E-state index in [1.165, 1.54) is 0 Å². The Hall–Kier alpha value is -3.50. The number of halogens is 2. The fourth-order valence-electron chi connectivity index (χ4n) is 4.78. The third-order valence-electron chi connectivity index (χ3n) is 6.96. The summed E-state index contributed by atoms with van der Waals surface area (Å²) in [5.74, 6) is 0.744. The number of ether oxygens (including phenoxy) is 2. The summed E-state index contributed by atoms with van der Waals surface area (Å²) in [5, 5.41) is 9.04. The number of hydrogen-bond acceptors (Lipinski definition) is 6. The zero-order valence-electron chi connectivity index (χ0n) is 22.8. The van der Waals surface area contributed by atoms with E-state index in [1.54, 1.807) is 0 Å². The van der Waals surface area contributed by atoms with E-state index in [9.17, 15) is 4.79 Å². The number of carbonyl (C=O) groups is 1. The third kappa shape index (κ3) is 7.10. The Morgan fingerprint density at radius 1 is 0.929 bits per heavy atom. The SMILES string of the molecule is O=C(NNCc1ccccc1)[C@@]1(Cc2ccccc2Br)N=C(c2ccc(OCCCO)cc2)O[C@H]1c1ccc(Br)cc1. The van der Waals surface area contributed by atoms with Crippen LogP contribution in [0.15, 0.2) is 117 Å². The van der Waals surface area contributed by atoms with Crippen LogP contribution in [0.4, 0.5) is 0 Å². The fraction of sp³-hybridized carbons (Fsp3) is 0.212. The van der Waals surface area contributed by atoms with Crippen molar-refractivity contribution in [1.29, 1.82) is 0 Å². The van der Waals surface area contributed by atoms with E-state index in [0.29, 0.717) is 37.6 Å². The van der Waals surface area contributed by atoms with E-state index in [1.807, 2.05) is 103 Å². The van der Waals surface area contributed by atoms with Crippen molar-refractivity contribution in [3.05, 3.63) is 134 Å². The Kier molecular flexibility index (Phi) is 10.1. The van der Waals surface area contributed by atoms with E-state index in [0.717, 1.165) is 31.2 Å². The van der Waals surface area contributed by atoms with Crippen LogP contribution < -0.4 is 15.6 Å². The molecule has 0 bridgehead atoms. The van der Waals surface area contributed by atoms with Crippen LogP contribution in [0.25, 0.3) is 0 Å². The second-order valence-corrected chi connectivity index (χ2v) is 11.7. The summed E-state index contributed by atoms with van der Waals surface area (Å²) in [6.45, 7) is 0.946. The number of hydrazine groups is 1. The first-order chi connectivity index (χ1) is 20.5. The van der Waals surface area contributed by atoms with Crippen molar-refractivity contribution in [1.82, 2.24) is 10.9 Å². The zero-order chi connectivity index (χ0) is 29.4. The molecule has 3 N–H and O–H groups in total. The van der Waals surface area contributed by atoms with Crippen LogP contribution in [-0.2, 0) is 22.5 Å². The average molecular weight is 693 g/mol. The zero-order valence-corrected chi connectivity index (χ0v) is 26.0. The van der Waals surface area contributed by atoms with Crippen LogP contribution in [-0.4, -0.2) is 35.7 Å². The molecule has 9 heteroatoms. The Bertz CT molecular complexity index is 1510. The second kappa shape index (κ2) is 14.1. The summed E-state index contributed by atoms with van der Waals surface area (Å²) in [6.07, 6.45) is 0.142. The number of nitrogens with one attached hydrogen (secondary N) is 2. The van der Waals surface area contributed by atoms with Crippen molar-refractivity contribution < 1.29 is 19.4 Å². The maximum Gasteiger partial charge on any atom is 0.266 e. The molecule has 0 radical (unpaired) electrons. The van der Waals surface area contributed by atoms with Crippen LogP contribution in [0.1, 0.15) is 34.8 Å². The molecule has 1 heterocycles. The molecule has 1 amide bonds. The topological polar surface area (TPSA) is 92.2 Å². The molecule has 0 aromatic heterocycles. The molecule has 5 rings (SSSR count). The normalized spacial score (nSPS) is 17.8. The highest BCUT2D eigenvalue weighted by molar-refractivity contribution is 9.10. The summed E-state index contributed by atoms with van der Waals surface area (Å²) in [5.41, 5.74) is 8.22. The summed E-state index contributed by atoms with van der Waals surface area (Å²) < 4.78 is 14.1. The lowest BCUT2D eigenvalue weighted by atomic mass is 9.82. The molecule has 4 aromatic rings. The van der Waals surface area contributed by atoms with Crippen LogP contribution in [0.5, 0.6) is 5.75 Å². The highest BCUT2D eigenvalue weighted by atomic mass is 79.9. The number of hydrogen-bond donors (Lipinski definition) is 3. The van der Waals surface area contributed by atoms with Gasteiger partial charge >= 0.3 is 0 Å². The minimum atomic E-state index is -1.33. The lowest BCUT2D eigenvalue weighted by Gasteiger charge is -2.31. The quantitative estimate of drug-likeness (QED) is 0.120. The molecule has 0 aliphatic carbocycles. The lowest BCUT2D eigenvalue weighted by Crippen LogP contribution is -2.53. The minimum absolute atomic E-state index is 0.0715. The predicted molar refractivity (Wildman–Crippen MR) is 170 cm³/mol. The second-order valence-electron chi connectivity index (χ2n) is 9.90. The Morgan fingerprint density at radius 3 is 2.36 bits per heavy atom. The molecule has 7 nitrogen and oxygen atoms in total. The summed E-state index contributed by atoms with van der Waals surface area (Å²) in [6, 6.07) is 32.9. The van der Waals surface area contributed by atoms with Crippen LogP contribution in [0.3, 0.4) is 0 Å². The molecule has 4 aromatic carbocycles. The van der Waals surface area contributed by atoms with Gasteiger partial charge in [0.1, 0.15) is 5.75 Å². The van der Waals surface area contributed by atoms with Gasteiger partial charge in [0.2, 0.25) is 5.90 Å². The Balaban J connectivity index is 1.52. The molecule has 1 aliphatic rings. The summed E-state index contributed by atoms with van der Waals surface area (Å²) in [7, 11) is 0. The van der Waals surface area contributed by atoms with E-state index in [2.05, 4.69) is 42.7 Å². The molecule has 1 aliphatic heterocycles. The number of carbonyl (C=O) groups excluding carboxylic acids is 1. The van der Waals surface area contributed by atoms with Gasteiger partial charge in [0.25, 0.3) is 5.91 Å². The van der Waals surface area contributed by atoms with Crippen LogP contribution >= 0.6 is 31.9 Å². The van der Waals surface area contributed by atoms with Gasteiger partial charge in [0, 0.05) is 40.5 Å². The van der Waals surface area contributed by atoms with E-state index >= 15 is 0 Å². The highest BCUT2D eigenvalue weighted by Crippen LogP contribution is 2.43. The molecule has 0 saturated heterocycles. The van der Waals surface area contributed by atoms with Gasteiger partial charge in [-0.25, -0.2) is 10.4 Å². The lowest BCUT2D eigenvalue weighted by molar-refractivity contribution is -0.130. The number of rotatable bonds is 12. The van der Waals surface area contributed by atoms with Gasteiger partial charge in [-0.2, -0.15) is 0 Å². The van der Waals surface area contributed by atoms with Crippen molar-refractivity contribution in [2.45, 2.75) is 31.0 Å². The number of aliphatic hydroxyl groups is 1. The van der Waals surface area contributed by atoms with Crippen LogP contribution in [0, 0.1) is 0 Å². The van der Waals surface area contributed by atoms with Gasteiger partial charge in [0.05, 0.1) is 6.61 Å². The third-order valence-corrected chi connectivity index (χ3v) is 8.26. The van der Waals surface area contributed by atoms with Gasteiger partial charge in [-0.15, -0.1) is 0 Å². The van der Waals surface area contributed by atoms with Crippen molar-refractivity contribution in [3.63, 3.8) is 0 Å². The highest BCUT2D eigenvalue weighted by Gasteiger charge is 2.53.